The molecule has 1 aromatic heterocycles. The van der Waals surface area contributed by atoms with Gasteiger partial charge in [0.2, 0.25) is 0 Å². The van der Waals surface area contributed by atoms with Crippen LogP contribution in [0.2, 0.25) is 0 Å². The first-order valence-corrected chi connectivity index (χ1v) is 5.80. The number of benzene rings is 1. The van der Waals surface area contributed by atoms with Crippen molar-refractivity contribution in [1.29, 1.82) is 0 Å². The monoisotopic (exact) mass is 292 g/mol. The summed E-state index contributed by atoms with van der Waals surface area (Å²) in [6, 6.07) is 5.40. The lowest BCUT2D eigenvalue weighted by molar-refractivity contribution is 0.0689. The summed E-state index contributed by atoms with van der Waals surface area (Å²) in [6.45, 7) is 0. The highest BCUT2D eigenvalue weighted by Crippen LogP contribution is 2.25. The number of hydrogen-bond acceptors (Lipinski definition) is 5. The van der Waals surface area contributed by atoms with E-state index in [9.17, 15) is 14.4 Å². The summed E-state index contributed by atoms with van der Waals surface area (Å²) in [5.74, 6) is -0.708. The first kappa shape index (κ1) is 14.4. The number of nitrogens with one attached hydrogen (secondary N) is 1. The maximum absolute atomic E-state index is 12.0. The van der Waals surface area contributed by atoms with Crippen molar-refractivity contribution in [2.24, 2.45) is 0 Å². The molecule has 0 atom stereocenters. The van der Waals surface area contributed by atoms with Crippen molar-refractivity contribution in [3.8, 4) is 17.2 Å². The van der Waals surface area contributed by atoms with Gasteiger partial charge in [-0.05, 0) is 12.1 Å². The van der Waals surface area contributed by atoms with E-state index >= 15 is 0 Å². The molecule has 0 aliphatic carbocycles. The molecule has 0 bridgehead atoms. The topological polar surface area (TPSA) is 111 Å². The number of ether oxygens (including phenoxy) is 2. The molecule has 1 aromatic carbocycles. The zero-order chi connectivity index (χ0) is 15.6. The SMILES string of the molecule is COc1ccc(OC)c(-n2c(=O)cc(C(=O)O)[nH]c2=O)c1. The number of carboxylic acids is 1. The Morgan fingerprint density at radius 1 is 1.19 bits per heavy atom. The largest absolute Gasteiger partial charge is 0.497 e. The van der Waals surface area contributed by atoms with E-state index in [1.54, 1.807) is 6.07 Å². The molecule has 2 aromatic rings. The number of carboxylic acid groups (broad SMARTS) is 1. The second-order valence-electron chi connectivity index (χ2n) is 4.00. The lowest BCUT2D eigenvalue weighted by atomic mass is 10.2. The molecule has 0 amide bonds. The predicted octanol–water partition coefficient (Wildman–Crippen LogP) is 0.241. The van der Waals surface area contributed by atoms with Gasteiger partial charge in [0.25, 0.3) is 5.56 Å². The number of rotatable bonds is 4. The van der Waals surface area contributed by atoms with Gasteiger partial charge in [-0.1, -0.05) is 0 Å². The predicted molar refractivity (Wildman–Crippen MR) is 72.7 cm³/mol. The summed E-state index contributed by atoms with van der Waals surface area (Å²) in [5, 5.41) is 8.82. The van der Waals surface area contributed by atoms with E-state index in [0.29, 0.717) is 5.75 Å². The van der Waals surface area contributed by atoms with Gasteiger partial charge in [0.15, 0.2) is 0 Å². The van der Waals surface area contributed by atoms with Crippen LogP contribution in [-0.2, 0) is 0 Å². The number of aromatic nitrogens is 2. The fourth-order valence-corrected chi connectivity index (χ4v) is 1.81. The Morgan fingerprint density at radius 3 is 2.43 bits per heavy atom. The quantitative estimate of drug-likeness (QED) is 0.835. The third-order valence-corrected chi connectivity index (χ3v) is 2.79. The zero-order valence-corrected chi connectivity index (χ0v) is 11.2. The molecule has 110 valence electrons. The van der Waals surface area contributed by atoms with E-state index in [0.717, 1.165) is 10.6 Å². The van der Waals surface area contributed by atoms with E-state index in [1.807, 2.05) is 0 Å². The lowest BCUT2D eigenvalue weighted by Gasteiger charge is -2.11. The minimum atomic E-state index is -1.39. The maximum atomic E-state index is 12.0. The number of aromatic carboxylic acids is 1. The lowest BCUT2D eigenvalue weighted by Crippen LogP contribution is -2.35. The van der Waals surface area contributed by atoms with E-state index < -0.39 is 22.9 Å². The van der Waals surface area contributed by atoms with Crippen LogP contribution >= 0.6 is 0 Å². The first-order chi connectivity index (χ1) is 9.97. The van der Waals surface area contributed by atoms with Crippen LogP contribution in [0.3, 0.4) is 0 Å². The Hall–Kier alpha value is -3.03. The van der Waals surface area contributed by atoms with Crippen LogP contribution in [0.4, 0.5) is 0 Å². The summed E-state index contributed by atoms with van der Waals surface area (Å²) in [7, 11) is 2.82. The molecule has 0 unspecified atom stereocenters. The van der Waals surface area contributed by atoms with Gasteiger partial charge in [-0.15, -0.1) is 0 Å². The molecule has 0 aliphatic rings. The molecule has 21 heavy (non-hydrogen) atoms. The number of aromatic amines is 1. The molecule has 0 spiro atoms. The van der Waals surface area contributed by atoms with E-state index in [-0.39, 0.29) is 11.4 Å². The maximum Gasteiger partial charge on any atom is 0.352 e. The van der Waals surface area contributed by atoms with Crippen molar-refractivity contribution >= 4 is 5.97 Å². The molecule has 0 saturated carbocycles. The van der Waals surface area contributed by atoms with Crippen LogP contribution in [0.25, 0.3) is 5.69 Å². The Labute approximate surface area is 118 Å². The van der Waals surface area contributed by atoms with Gasteiger partial charge < -0.3 is 19.6 Å². The van der Waals surface area contributed by atoms with Crippen molar-refractivity contribution in [1.82, 2.24) is 9.55 Å². The minimum absolute atomic E-state index is 0.153. The summed E-state index contributed by atoms with van der Waals surface area (Å²) < 4.78 is 10.9. The second kappa shape index (κ2) is 5.53. The average molecular weight is 292 g/mol. The summed E-state index contributed by atoms with van der Waals surface area (Å²) >= 11 is 0. The average Bonchev–Trinajstić information content (AvgIpc) is 2.46. The molecular formula is C13H12N2O6. The normalized spacial score (nSPS) is 10.2. The van der Waals surface area contributed by atoms with Crippen molar-refractivity contribution in [3.63, 3.8) is 0 Å². The van der Waals surface area contributed by atoms with Crippen LogP contribution in [0, 0.1) is 0 Å². The molecule has 0 aliphatic heterocycles. The fourth-order valence-electron chi connectivity index (χ4n) is 1.81. The molecule has 0 fully saturated rings. The van der Waals surface area contributed by atoms with E-state index in [2.05, 4.69) is 4.98 Å². The van der Waals surface area contributed by atoms with Crippen LogP contribution < -0.4 is 20.7 Å². The molecule has 2 rings (SSSR count). The standard InChI is InChI=1S/C13H12N2O6/c1-20-7-3-4-10(21-2)9(5-7)15-11(16)6-8(12(17)18)14-13(15)19/h3-6H,1-2H3,(H,14,19)(H,17,18). The van der Waals surface area contributed by atoms with Gasteiger partial charge in [-0.25, -0.2) is 14.2 Å². The van der Waals surface area contributed by atoms with E-state index in [1.165, 1.54) is 26.4 Å². The number of H-pyrrole nitrogens is 1. The van der Waals surface area contributed by atoms with Gasteiger partial charge >= 0.3 is 11.7 Å². The number of nitrogens with zero attached hydrogens (tertiary/aromatic N) is 1. The van der Waals surface area contributed by atoms with Crippen molar-refractivity contribution < 1.29 is 19.4 Å². The van der Waals surface area contributed by atoms with Gasteiger partial charge in [0.1, 0.15) is 17.2 Å². The Bertz CT molecular complexity index is 774. The van der Waals surface area contributed by atoms with Gasteiger partial charge in [0, 0.05) is 12.1 Å². The number of hydrogen-bond donors (Lipinski definition) is 2. The van der Waals surface area contributed by atoms with E-state index in [4.69, 9.17) is 14.6 Å². The van der Waals surface area contributed by atoms with Crippen LogP contribution in [0.1, 0.15) is 10.5 Å². The van der Waals surface area contributed by atoms with Crippen LogP contribution in [-0.4, -0.2) is 34.8 Å². The Balaban J connectivity index is 2.76. The summed E-state index contributed by atoms with van der Waals surface area (Å²) in [5.41, 5.74) is -2.00. The second-order valence-corrected chi connectivity index (χ2v) is 4.00. The third-order valence-electron chi connectivity index (χ3n) is 2.79. The molecular weight excluding hydrogens is 280 g/mol. The first-order valence-electron chi connectivity index (χ1n) is 5.80. The summed E-state index contributed by atoms with van der Waals surface area (Å²) in [4.78, 5) is 36.9. The molecule has 0 saturated heterocycles. The molecule has 2 N–H and O–H groups in total. The summed E-state index contributed by atoms with van der Waals surface area (Å²) in [6.07, 6.45) is 0. The minimum Gasteiger partial charge on any atom is -0.497 e. The zero-order valence-electron chi connectivity index (χ0n) is 11.2. The van der Waals surface area contributed by atoms with Gasteiger partial charge in [-0.3, -0.25) is 4.79 Å². The fraction of sp³-hybridized carbons (Fsp3) is 0.154. The van der Waals surface area contributed by atoms with Crippen LogP contribution in [0.5, 0.6) is 11.5 Å². The Kier molecular flexibility index (Phi) is 3.79. The van der Waals surface area contributed by atoms with Crippen molar-refractivity contribution in [3.05, 3.63) is 50.8 Å². The third kappa shape index (κ3) is 2.64. The highest BCUT2D eigenvalue weighted by molar-refractivity contribution is 5.85. The smallest absolute Gasteiger partial charge is 0.352 e. The number of methoxy groups -OCH3 is 2. The molecule has 8 heteroatoms. The van der Waals surface area contributed by atoms with Gasteiger partial charge in [0.05, 0.1) is 19.9 Å². The van der Waals surface area contributed by atoms with Crippen molar-refractivity contribution in [2.45, 2.75) is 0 Å². The highest BCUT2D eigenvalue weighted by atomic mass is 16.5. The highest BCUT2D eigenvalue weighted by Gasteiger charge is 2.15. The molecule has 1 heterocycles. The van der Waals surface area contributed by atoms with Crippen LogP contribution in [0.15, 0.2) is 33.9 Å². The van der Waals surface area contributed by atoms with Crippen molar-refractivity contribution in [2.75, 3.05) is 14.2 Å². The van der Waals surface area contributed by atoms with Gasteiger partial charge in [-0.2, -0.15) is 0 Å². The molecule has 8 nitrogen and oxygen atoms in total. The number of carbonyl (C=O) groups is 1. The molecule has 0 radical (unpaired) electrons. The Morgan fingerprint density at radius 2 is 1.90 bits per heavy atom.